The lowest BCUT2D eigenvalue weighted by atomic mass is 10.1. The molecule has 0 bridgehead atoms. The molecule has 144 valence electrons. The van der Waals surface area contributed by atoms with Gasteiger partial charge in [-0.2, -0.15) is 13.2 Å². The topological polar surface area (TPSA) is 62.3 Å². The molecule has 9 heteroatoms. The third-order valence-electron chi connectivity index (χ3n) is 3.70. The number of alkyl halides is 3. The Balaban J connectivity index is 1.87. The number of aromatic nitrogens is 1. The molecule has 0 fully saturated rings. The first-order chi connectivity index (χ1) is 12.7. The predicted molar refractivity (Wildman–Crippen MR) is 96.3 cm³/mol. The molecule has 0 aliphatic carbocycles. The predicted octanol–water partition coefficient (Wildman–Crippen LogP) is 3.21. The van der Waals surface area contributed by atoms with Gasteiger partial charge in [-0.05, 0) is 29.8 Å². The van der Waals surface area contributed by atoms with Crippen molar-refractivity contribution in [2.24, 2.45) is 0 Å². The quantitative estimate of drug-likeness (QED) is 0.761. The Morgan fingerprint density at radius 1 is 1.15 bits per heavy atom. The van der Waals surface area contributed by atoms with Gasteiger partial charge in [0, 0.05) is 32.4 Å². The fourth-order valence-corrected chi connectivity index (χ4v) is 2.93. The minimum atomic E-state index is -4.43. The van der Waals surface area contributed by atoms with Gasteiger partial charge in [0.05, 0.1) is 16.3 Å². The summed E-state index contributed by atoms with van der Waals surface area (Å²) in [5.74, 6) is -0.311. The largest absolute Gasteiger partial charge is 0.417 e. The number of carbonyl (C=O) groups excluding carboxylic acids is 2. The van der Waals surface area contributed by atoms with Crippen molar-refractivity contribution in [3.05, 3.63) is 59.3 Å². The fraction of sp³-hybridized carbons (Fsp3) is 0.278. The van der Waals surface area contributed by atoms with Crippen molar-refractivity contribution in [1.82, 2.24) is 15.2 Å². The summed E-state index contributed by atoms with van der Waals surface area (Å²) in [7, 11) is 3.18. The summed E-state index contributed by atoms with van der Waals surface area (Å²) in [6.45, 7) is 0.355. The maximum absolute atomic E-state index is 12.5. The maximum Gasteiger partial charge on any atom is 0.417 e. The van der Waals surface area contributed by atoms with Crippen molar-refractivity contribution in [2.45, 2.75) is 17.7 Å². The molecule has 5 nitrogen and oxygen atoms in total. The Morgan fingerprint density at radius 2 is 1.81 bits per heavy atom. The summed E-state index contributed by atoms with van der Waals surface area (Å²) in [6, 6.07) is 9.06. The minimum Gasteiger partial charge on any atom is -0.355 e. The fourth-order valence-electron chi connectivity index (χ4n) is 2.15. The van der Waals surface area contributed by atoms with Gasteiger partial charge in [-0.15, -0.1) is 0 Å². The number of nitrogens with zero attached hydrogens (tertiary/aromatic N) is 2. The van der Waals surface area contributed by atoms with E-state index in [1.54, 1.807) is 38.4 Å². The van der Waals surface area contributed by atoms with Gasteiger partial charge in [0.1, 0.15) is 0 Å². The SMILES string of the molecule is CNC(=O)c1ccc(CN(C)C(=O)CSc2ccc(C(F)(F)F)cn2)cc1. The van der Waals surface area contributed by atoms with Crippen LogP contribution < -0.4 is 5.32 Å². The second-order valence-corrected chi connectivity index (χ2v) is 6.69. The number of amides is 2. The molecule has 2 amide bonds. The van der Waals surface area contributed by atoms with Crippen LogP contribution in [0.3, 0.4) is 0 Å². The third kappa shape index (κ3) is 5.99. The smallest absolute Gasteiger partial charge is 0.355 e. The summed E-state index contributed by atoms with van der Waals surface area (Å²) in [4.78, 5) is 28.9. The van der Waals surface area contributed by atoms with Crippen LogP contribution in [0.2, 0.25) is 0 Å². The number of halogens is 3. The van der Waals surface area contributed by atoms with E-state index in [1.807, 2.05) is 0 Å². The van der Waals surface area contributed by atoms with E-state index in [-0.39, 0.29) is 17.6 Å². The molecule has 0 spiro atoms. The highest BCUT2D eigenvalue weighted by atomic mass is 32.2. The number of nitrogens with one attached hydrogen (secondary N) is 1. The zero-order chi connectivity index (χ0) is 20.0. The number of rotatable bonds is 6. The second-order valence-electron chi connectivity index (χ2n) is 5.70. The van der Waals surface area contributed by atoms with Crippen LogP contribution in [0.4, 0.5) is 13.2 Å². The minimum absolute atomic E-state index is 0.0607. The monoisotopic (exact) mass is 397 g/mol. The van der Waals surface area contributed by atoms with Gasteiger partial charge in [0.15, 0.2) is 0 Å². The standard InChI is InChI=1S/C18H18F3N3O2S/c1-22-17(26)13-5-3-12(4-6-13)10-24(2)16(25)11-27-15-8-7-14(9-23-15)18(19,20)21/h3-9H,10-11H2,1-2H3,(H,22,26). The molecule has 0 aliphatic rings. The lowest BCUT2D eigenvalue weighted by molar-refractivity contribution is -0.138. The molecule has 1 aromatic heterocycles. The van der Waals surface area contributed by atoms with Crippen molar-refractivity contribution in [2.75, 3.05) is 19.8 Å². The number of hydrogen-bond donors (Lipinski definition) is 1. The van der Waals surface area contributed by atoms with Crippen molar-refractivity contribution < 1.29 is 22.8 Å². The normalized spacial score (nSPS) is 11.1. The van der Waals surface area contributed by atoms with E-state index < -0.39 is 11.7 Å². The van der Waals surface area contributed by atoms with Crippen molar-refractivity contribution in [3.8, 4) is 0 Å². The van der Waals surface area contributed by atoms with Crippen molar-refractivity contribution >= 4 is 23.6 Å². The van der Waals surface area contributed by atoms with Gasteiger partial charge in [-0.3, -0.25) is 9.59 Å². The van der Waals surface area contributed by atoms with E-state index in [1.165, 1.54) is 11.0 Å². The van der Waals surface area contributed by atoms with E-state index in [2.05, 4.69) is 10.3 Å². The molecule has 0 radical (unpaired) electrons. The Labute approximate surface area is 159 Å². The Bertz CT molecular complexity index is 793. The van der Waals surface area contributed by atoms with Crippen LogP contribution in [-0.4, -0.2) is 41.5 Å². The Hall–Kier alpha value is -2.55. The van der Waals surface area contributed by atoms with Crippen LogP contribution >= 0.6 is 11.8 Å². The van der Waals surface area contributed by atoms with Gasteiger partial charge < -0.3 is 10.2 Å². The number of thioether (sulfide) groups is 1. The number of pyridine rings is 1. The van der Waals surface area contributed by atoms with Crippen LogP contribution in [0.1, 0.15) is 21.5 Å². The summed E-state index contributed by atoms with van der Waals surface area (Å²) in [6.07, 6.45) is -3.68. The summed E-state index contributed by atoms with van der Waals surface area (Å²) < 4.78 is 37.5. The first-order valence-electron chi connectivity index (χ1n) is 7.91. The van der Waals surface area contributed by atoms with Crippen molar-refractivity contribution in [1.29, 1.82) is 0 Å². The number of benzene rings is 1. The van der Waals surface area contributed by atoms with E-state index in [9.17, 15) is 22.8 Å². The molecule has 1 aromatic carbocycles. The molecule has 27 heavy (non-hydrogen) atoms. The van der Waals surface area contributed by atoms with E-state index >= 15 is 0 Å². The zero-order valence-electron chi connectivity index (χ0n) is 14.7. The summed E-state index contributed by atoms with van der Waals surface area (Å²) in [5, 5.41) is 2.88. The average molecular weight is 397 g/mol. The molecule has 0 atom stereocenters. The molecule has 0 aliphatic heterocycles. The third-order valence-corrected chi connectivity index (χ3v) is 4.62. The molecule has 0 saturated heterocycles. The van der Waals surface area contributed by atoms with Gasteiger partial charge >= 0.3 is 6.18 Å². The van der Waals surface area contributed by atoms with Crippen LogP contribution in [0.25, 0.3) is 0 Å². The average Bonchev–Trinajstić information content (AvgIpc) is 2.65. The van der Waals surface area contributed by atoms with E-state index in [0.717, 1.165) is 29.6 Å². The highest BCUT2D eigenvalue weighted by molar-refractivity contribution is 7.99. The van der Waals surface area contributed by atoms with Crippen LogP contribution in [0.5, 0.6) is 0 Å². The maximum atomic E-state index is 12.5. The number of hydrogen-bond acceptors (Lipinski definition) is 4. The van der Waals surface area contributed by atoms with Crippen LogP contribution in [0.15, 0.2) is 47.6 Å². The van der Waals surface area contributed by atoms with E-state index in [0.29, 0.717) is 17.1 Å². The summed E-state index contributed by atoms with van der Waals surface area (Å²) in [5.41, 5.74) is 0.561. The van der Waals surface area contributed by atoms with Gasteiger partial charge in [0.2, 0.25) is 5.91 Å². The molecular weight excluding hydrogens is 379 g/mol. The zero-order valence-corrected chi connectivity index (χ0v) is 15.5. The van der Waals surface area contributed by atoms with Crippen LogP contribution in [0, 0.1) is 0 Å². The number of carbonyl (C=O) groups is 2. The lowest BCUT2D eigenvalue weighted by Gasteiger charge is -2.17. The Kier molecular flexibility index (Phi) is 6.84. The molecule has 0 unspecified atom stereocenters. The molecule has 0 saturated carbocycles. The van der Waals surface area contributed by atoms with Gasteiger partial charge in [0.25, 0.3) is 5.91 Å². The second kappa shape index (κ2) is 8.90. The first kappa shape index (κ1) is 20.8. The van der Waals surface area contributed by atoms with Crippen LogP contribution in [-0.2, 0) is 17.5 Å². The molecule has 2 aromatic rings. The van der Waals surface area contributed by atoms with Gasteiger partial charge in [-0.1, -0.05) is 23.9 Å². The molecule has 1 heterocycles. The summed E-state index contributed by atoms with van der Waals surface area (Å²) >= 11 is 1.07. The van der Waals surface area contributed by atoms with Gasteiger partial charge in [-0.25, -0.2) is 4.98 Å². The van der Waals surface area contributed by atoms with E-state index in [4.69, 9.17) is 0 Å². The highest BCUT2D eigenvalue weighted by Crippen LogP contribution is 2.29. The highest BCUT2D eigenvalue weighted by Gasteiger charge is 2.30. The Morgan fingerprint density at radius 3 is 2.33 bits per heavy atom. The first-order valence-corrected chi connectivity index (χ1v) is 8.90. The lowest BCUT2D eigenvalue weighted by Crippen LogP contribution is -2.27. The molecular formula is C18H18F3N3O2S. The van der Waals surface area contributed by atoms with Crippen molar-refractivity contribution in [3.63, 3.8) is 0 Å². The molecule has 2 rings (SSSR count). The molecule has 1 N–H and O–H groups in total.